The molecule has 0 heterocycles. The highest BCUT2D eigenvalue weighted by Crippen LogP contribution is 2.20. The molecule has 0 unspecified atom stereocenters. The van der Waals surface area contributed by atoms with Crippen molar-refractivity contribution in [1.29, 1.82) is 0 Å². The smallest absolute Gasteiger partial charge is 0.338 e. The fourth-order valence-corrected chi connectivity index (χ4v) is 1.46. The van der Waals surface area contributed by atoms with Gasteiger partial charge in [-0.05, 0) is 11.6 Å². The Labute approximate surface area is 114 Å². The number of benzene rings is 1. The number of hydrogen-bond donors (Lipinski definition) is 0. The van der Waals surface area contributed by atoms with Gasteiger partial charge in [-0.1, -0.05) is 12.2 Å². The predicted molar refractivity (Wildman–Crippen MR) is 70.1 cm³/mol. The van der Waals surface area contributed by atoms with Crippen LogP contribution in [0.15, 0.2) is 24.3 Å². The summed E-state index contributed by atoms with van der Waals surface area (Å²) in [6.45, 7) is 0. The number of rotatable bonds is 5. The summed E-state index contributed by atoms with van der Waals surface area (Å²) >= 11 is 0. The van der Waals surface area contributed by atoms with E-state index in [4.69, 9.17) is 0 Å². The first kappa shape index (κ1) is 15.4. The molecule has 0 aliphatic carbocycles. The number of methoxy groups -OCH3 is 2. The minimum atomic E-state index is -0.689. The number of carbonyl (C=O) groups excluding carboxylic acids is 2. The Morgan fingerprint density at radius 3 is 2.55 bits per heavy atom. The van der Waals surface area contributed by atoms with Gasteiger partial charge in [0.05, 0.1) is 31.1 Å². The third-order valence-corrected chi connectivity index (χ3v) is 2.46. The van der Waals surface area contributed by atoms with Gasteiger partial charge in [-0.15, -0.1) is 0 Å². The minimum absolute atomic E-state index is 0.0358. The summed E-state index contributed by atoms with van der Waals surface area (Å²) in [7, 11) is 2.45. The number of non-ortho nitro benzene ring substituents is 1. The lowest BCUT2D eigenvalue weighted by Gasteiger charge is -2.04. The molecule has 0 aliphatic heterocycles. The first-order chi connectivity index (χ1) is 9.49. The van der Waals surface area contributed by atoms with Gasteiger partial charge in [-0.2, -0.15) is 0 Å². The van der Waals surface area contributed by atoms with Gasteiger partial charge in [0.15, 0.2) is 0 Å². The highest BCUT2D eigenvalue weighted by Gasteiger charge is 2.15. The van der Waals surface area contributed by atoms with Crippen molar-refractivity contribution in [2.75, 3.05) is 14.2 Å². The lowest BCUT2D eigenvalue weighted by atomic mass is 10.1. The molecule has 0 radical (unpaired) electrons. The maximum Gasteiger partial charge on any atom is 0.338 e. The highest BCUT2D eigenvalue weighted by atomic mass is 16.6. The van der Waals surface area contributed by atoms with E-state index in [-0.39, 0.29) is 17.7 Å². The molecule has 1 rings (SSSR count). The number of hydrogen-bond acceptors (Lipinski definition) is 6. The van der Waals surface area contributed by atoms with Crippen LogP contribution in [0, 0.1) is 10.1 Å². The Kier molecular flexibility index (Phi) is 5.40. The first-order valence-electron chi connectivity index (χ1n) is 5.59. The average molecular weight is 279 g/mol. The van der Waals surface area contributed by atoms with Crippen LogP contribution >= 0.6 is 0 Å². The maximum atomic E-state index is 11.6. The Hall–Kier alpha value is -2.70. The Bertz CT molecular complexity index is 564. The molecule has 0 aromatic heterocycles. The fraction of sp³-hybridized carbons (Fsp3) is 0.231. The molecule has 0 bridgehead atoms. The minimum Gasteiger partial charge on any atom is -0.469 e. The molecule has 0 N–H and O–H groups in total. The third-order valence-electron chi connectivity index (χ3n) is 2.46. The summed E-state index contributed by atoms with van der Waals surface area (Å²) in [6, 6.07) is 3.81. The number of carbonyl (C=O) groups is 2. The summed E-state index contributed by atoms with van der Waals surface area (Å²) in [4.78, 5) is 32.6. The van der Waals surface area contributed by atoms with Gasteiger partial charge >= 0.3 is 11.9 Å². The van der Waals surface area contributed by atoms with Crippen LogP contribution in [0.5, 0.6) is 0 Å². The molecule has 1 aromatic carbocycles. The van der Waals surface area contributed by atoms with E-state index in [9.17, 15) is 19.7 Å². The number of nitrogens with zero attached hydrogens (tertiary/aromatic N) is 1. The SMILES string of the molecule is COC(=O)CC=Cc1ccc([N+](=O)[O-])cc1C(=O)OC. The molecule has 0 aliphatic rings. The Morgan fingerprint density at radius 1 is 1.30 bits per heavy atom. The second-order valence-electron chi connectivity index (χ2n) is 3.70. The fourth-order valence-electron chi connectivity index (χ4n) is 1.46. The van der Waals surface area contributed by atoms with Crippen LogP contribution in [0.4, 0.5) is 5.69 Å². The van der Waals surface area contributed by atoms with E-state index < -0.39 is 16.9 Å². The van der Waals surface area contributed by atoms with Gasteiger partial charge in [-0.25, -0.2) is 4.79 Å². The van der Waals surface area contributed by atoms with Gasteiger partial charge in [0.1, 0.15) is 0 Å². The van der Waals surface area contributed by atoms with Crippen molar-refractivity contribution in [3.05, 3.63) is 45.5 Å². The van der Waals surface area contributed by atoms with E-state index >= 15 is 0 Å². The molecule has 0 fully saturated rings. The van der Waals surface area contributed by atoms with Crippen molar-refractivity contribution in [1.82, 2.24) is 0 Å². The van der Waals surface area contributed by atoms with Crippen molar-refractivity contribution in [2.45, 2.75) is 6.42 Å². The number of esters is 2. The molecule has 7 heteroatoms. The molecular weight excluding hydrogens is 266 g/mol. The van der Waals surface area contributed by atoms with Gasteiger partial charge in [0.25, 0.3) is 5.69 Å². The standard InChI is InChI=1S/C13H13NO6/c1-19-12(15)5-3-4-9-6-7-10(14(17)18)8-11(9)13(16)20-2/h3-4,6-8H,5H2,1-2H3. The van der Waals surface area contributed by atoms with Crippen molar-refractivity contribution < 1.29 is 24.0 Å². The molecular formula is C13H13NO6. The van der Waals surface area contributed by atoms with E-state index in [0.29, 0.717) is 5.56 Å². The summed E-state index contributed by atoms with van der Waals surface area (Å²) in [5, 5.41) is 10.7. The molecule has 0 spiro atoms. The van der Waals surface area contributed by atoms with Gasteiger partial charge < -0.3 is 9.47 Å². The van der Waals surface area contributed by atoms with Gasteiger partial charge in [0, 0.05) is 12.1 Å². The summed E-state index contributed by atoms with van der Waals surface area (Å²) < 4.78 is 9.04. The van der Waals surface area contributed by atoms with Crippen LogP contribution in [-0.2, 0) is 14.3 Å². The van der Waals surface area contributed by atoms with E-state index in [2.05, 4.69) is 9.47 Å². The average Bonchev–Trinajstić information content (AvgIpc) is 2.46. The van der Waals surface area contributed by atoms with Crippen LogP contribution in [0.1, 0.15) is 22.3 Å². The normalized spacial score (nSPS) is 10.3. The monoisotopic (exact) mass is 279 g/mol. The Balaban J connectivity index is 3.08. The number of ether oxygens (including phenoxy) is 2. The van der Waals surface area contributed by atoms with Crippen LogP contribution in [0.3, 0.4) is 0 Å². The van der Waals surface area contributed by atoms with Gasteiger partial charge in [-0.3, -0.25) is 14.9 Å². The molecule has 20 heavy (non-hydrogen) atoms. The molecule has 1 aromatic rings. The summed E-state index contributed by atoms with van der Waals surface area (Å²) in [6.07, 6.45) is 3.04. The van der Waals surface area contributed by atoms with Crippen molar-refractivity contribution in [3.8, 4) is 0 Å². The van der Waals surface area contributed by atoms with E-state index in [1.165, 1.54) is 38.5 Å². The maximum absolute atomic E-state index is 11.6. The third kappa shape index (κ3) is 3.91. The van der Waals surface area contributed by atoms with Crippen LogP contribution in [0.25, 0.3) is 6.08 Å². The zero-order valence-electron chi connectivity index (χ0n) is 11.0. The molecule has 106 valence electrons. The van der Waals surface area contributed by atoms with Crippen LogP contribution in [-0.4, -0.2) is 31.1 Å². The number of nitro benzene ring substituents is 1. The molecule has 0 atom stereocenters. The lowest BCUT2D eigenvalue weighted by molar-refractivity contribution is -0.384. The Morgan fingerprint density at radius 2 is 2.00 bits per heavy atom. The second-order valence-corrected chi connectivity index (χ2v) is 3.70. The molecule has 0 amide bonds. The molecule has 0 saturated heterocycles. The molecule has 0 saturated carbocycles. The zero-order valence-corrected chi connectivity index (χ0v) is 11.0. The largest absolute Gasteiger partial charge is 0.469 e. The van der Waals surface area contributed by atoms with E-state index in [1.54, 1.807) is 0 Å². The summed E-state index contributed by atoms with van der Waals surface area (Å²) in [5.74, 6) is -1.12. The van der Waals surface area contributed by atoms with Crippen molar-refractivity contribution >= 4 is 23.7 Å². The van der Waals surface area contributed by atoms with Crippen molar-refractivity contribution in [2.24, 2.45) is 0 Å². The second kappa shape index (κ2) is 7.03. The molecule has 7 nitrogen and oxygen atoms in total. The van der Waals surface area contributed by atoms with Crippen LogP contribution in [0.2, 0.25) is 0 Å². The zero-order chi connectivity index (χ0) is 15.1. The first-order valence-corrected chi connectivity index (χ1v) is 5.59. The highest BCUT2D eigenvalue weighted by molar-refractivity contribution is 5.94. The van der Waals surface area contributed by atoms with Gasteiger partial charge in [0.2, 0.25) is 0 Å². The lowest BCUT2D eigenvalue weighted by Crippen LogP contribution is -2.05. The quantitative estimate of drug-likeness (QED) is 0.464. The summed E-state index contributed by atoms with van der Waals surface area (Å²) in [5.41, 5.74) is 0.268. The van der Waals surface area contributed by atoms with Crippen molar-refractivity contribution in [3.63, 3.8) is 0 Å². The van der Waals surface area contributed by atoms with E-state index in [1.807, 2.05) is 0 Å². The number of nitro groups is 1. The topological polar surface area (TPSA) is 95.7 Å². The predicted octanol–water partition coefficient (Wildman–Crippen LogP) is 1.96. The van der Waals surface area contributed by atoms with Crippen LogP contribution < -0.4 is 0 Å². The van der Waals surface area contributed by atoms with E-state index in [0.717, 1.165) is 6.07 Å².